The van der Waals surface area contributed by atoms with Gasteiger partial charge >= 0.3 is 24.2 Å². The van der Waals surface area contributed by atoms with Gasteiger partial charge in [0.25, 0.3) is 11.3 Å². The van der Waals surface area contributed by atoms with Gasteiger partial charge in [-0.25, -0.2) is 19.2 Å². The minimum atomic E-state index is -2.42. The number of ether oxygens (including phenoxy) is 4. The summed E-state index contributed by atoms with van der Waals surface area (Å²) >= 11 is 0. The molecule has 0 aliphatic carbocycles. The normalized spacial score (nSPS) is 18.7. The summed E-state index contributed by atoms with van der Waals surface area (Å²) in [7, 11) is 0. The largest absolute Gasteiger partial charge is 0.534 e. The molecule has 27 heavy (non-hydrogen) atoms. The van der Waals surface area contributed by atoms with E-state index in [1.54, 1.807) is 41.5 Å². The van der Waals surface area contributed by atoms with Crippen molar-refractivity contribution >= 4 is 24.2 Å². The molecule has 1 rings (SSSR count). The second-order valence-electron chi connectivity index (χ2n) is 8.58. The molecule has 0 atom stereocenters. The summed E-state index contributed by atoms with van der Waals surface area (Å²) in [5.74, 6) is -3.85. The summed E-state index contributed by atoms with van der Waals surface area (Å²) in [6.45, 7) is 13.1. The van der Waals surface area contributed by atoms with Crippen LogP contribution in [0.15, 0.2) is 0 Å². The van der Waals surface area contributed by atoms with Crippen LogP contribution in [0.1, 0.15) is 62.3 Å². The number of esters is 2. The lowest BCUT2D eigenvalue weighted by Crippen LogP contribution is -2.67. The van der Waals surface area contributed by atoms with E-state index in [4.69, 9.17) is 23.8 Å². The van der Waals surface area contributed by atoms with Crippen LogP contribution in [-0.4, -0.2) is 51.8 Å². The average molecular weight is 389 g/mol. The lowest BCUT2D eigenvalue weighted by Gasteiger charge is -2.42. The maximum atomic E-state index is 12.6. The van der Waals surface area contributed by atoms with E-state index >= 15 is 0 Å². The van der Waals surface area contributed by atoms with Gasteiger partial charge in [-0.1, -0.05) is 0 Å². The Morgan fingerprint density at radius 3 is 1.63 bits per heavy atom. The number of rotatable bonds is 1. The van der Waals surface area contributed by atoms with E-state index in [0.717, 1.165) is 6.92 Å². The Bertz CT molecular complexity index is 620. The fourth-order valence-electron chi connectivity index (χ4n) is 1.87. The number of amides is 1. The second-order valence-corrected chi connectivity index (χ2v) is 8.58. The van der Waals surface area contributed by atoms with Gasteiger partial charge in [-0.2, -0.15) is 0 Å². The second kappa shape index (κ2) is 6.90. The molecule has 0 aromatic rings. The Balaban J connectivity index is 3.27. The topological polar surface area (TPSA) is 118 Å². The van der Waals surface area contributed by atoms with Crippen LogP contribution >= 0.6 is 0 Å². The van der Waals surface area contributed by atoms with Crippen molar-refractivity contribution in [1.82, 2.24) is 5.06 Å². The van der Waals surface area contributed by atoms with Gasteiger partial charge in [-0.05, 0) is 48.5 Å². The molecular formula is C17H27NO9. The number of carbonyl (C=O) groups excluding carboxylic acids is 4. The number of hydrogen-bond donors (Lipinski definition) is 0. The van der Waals surface area contributed by atoms with Crippen molar-refractivity contribution in [1.29, 1.82) is 0 Å². The summed E-state index contributed by atoms with van der Waals surface area (Å²) < 4.78 is 20.2. The molecule has 1 fully saturated rings. The maximum Gasteiger partial charge on any atom is 0.534 e. The first kappa shape index (κ1) is 22.5. The minimum Gasteiger partial charge on any atom is -0.442 e. The van der Waals surface area contributed by atoms with E-state index in [1.165, 1.54) is 13.8 Å². The van der Waals surface area contributed by atoms with E-state index in [-0.39, 0.29) is 5.06 Å². The molecule has 0 spiro atoms. The first-order chi connectivity index (χ1) is 11.9. The molecule has 10 nitrogen and oxygen atoms in total. The van der Waals surface area contributed by atoms with E-state index in [2.05, 4.69) is 0 Å². The van der Waals surface area contributed by atoms with Gasteiger partial charge in [0.15, 0.2) is 0 Å². The smallest absolute Gasteiger partial charge is 0.442 e. The number of nitrogens with zero attached hydrogens (tertiary/aromatic N) is 1. The Morgan fingerprint density at radius 2 is 1.26 bits per heavy atom. The van der Waals surface area contributed by atoms with Crippen LogP contribution in [-0.2, 0) is 33.4 Å². The van der Waals surface area contributed by atoms with Gasteiger partial charge in [0.2, 0.25) is 0 Å². The van der Waals surface area contributed by atoms with Gasteiger partial charge in [0.05, 0.1) is 0 Å². The molecule has 154 valence electrons. The van der Waals surface area contributed by atoms with Gasteiger partial charge in [-0.3, -0.25) is 4.84 Å². The molecule has 0 bridgehead atoms. The zero-order valence-electron chi connectivity index (χ0n) is 17.1. The Hall–Kier alpha value is -2.52. The molecule has 0 saturated carbocycles. The van der Waals surface area contributed by atoms with Crippen molar-refractivity contribution in [2.75, 3.05) is 0 Å². The molecular weight excluding hydrogens is 362 g/mol. The lowest BCUT2D eigenvalue weighted by molar-refractivity contribution is -0.269. The van der Waals surface area contributed by atoms with E-state index in [0.29, 0.717) is 0 Å². The van der Waals surface area contributed by atoms with Crippen molar-refractivity contribution in [3.05, 3.63) is 0 Å². The van der Waals surface area contributed by atoms with Crippen LogP contribution in [0.5, 0.6) is 0 Å². The van der Waals surface area contributed by atoms with Gasteiger partial charge in [0, 0.05) is 13.8 Å². The van der Waals surface area contributed by atoms with E-state index < -0.39 is 46.7 Å². The van der Waals surface area contributed by atoms with Crippen molar-refractivity contribution in [3.8, 4) is 0 Å². The monoisotopic (exact) mass is 389 g/mol. The summed E-state index contributed by atoms with van der Waals surface area (Å²) in [6.07, 6.45) is -2.59. The highest BCUT2D eigenvalue weighted by Gasteiger charge is 2.61. The lowest BCUT2D eigenvalue weighted by atomic mass is 10.0. The van der Waals surface area contributed by atoms with Crippen molar-refractivity contribution in [3.63, 3.8) is 0 Å². The minimum absolute atomic E-state index is 0.173. The molecule has 0 N–H and O–H groups in total. The summed E-state index contributed by atoms with van der Waals surface area (Å²) in [4.78, 5) is 54.6. The van der Waals surface area contributed by atoms with Crippen LogP contribution < -0.4 is 0 Å². The zero-order chi connectivity index (χ0) is 21.4. The predicted molar refractivity (Wildman–Crippen MR) is 90.1 cm³/mol. The number of cyclic esters (lactones) is 2. The number of carbonyl (C=O) groups is 4. The van der Waals surface area contributed by atoms with Crippen molar-refractivity contribution in [2.24, 2.45) is 0 Å². The molecule has 0 radical (unpaired) electrons. The van der Waals surface area contributed by atoms with Crippen molar-refractivity contribution in [2.45, 2.75) is 84.8 Å². The van der Waals surface area contributed by atoms with Crippen LogP contribution in [0.3, 0.4) is 0 Å². The van der Waals surface area contributed by atoms with Gasteiger partial charge < -0.3 is 18.9 Å². The quantitative estimate of drug-likeness (QED) is 0.289. The molecule has 1 amide bonds. The SMILES string of the molecule is CC(C)(C)OC(=O)ON(C(=O)OC(C)(C)C)C1(C)C(=O)OC(C)(C)OC1=O. The molecule has 0 aromatic heterocycles. The van der Waals surface area contributed by atoms with Crippen molar-refractivity contribution < 1.29 is 43.0 Å². The first-order valence-electron chi connectivity index (χ1n) is 8.28. The fourth-order valence-corrected chi connectivity index (χ4v) is 1.87. The average Bonchev–Trinajstić information content (AvgIpc) is 2.37. The Kier molecular flexibility index (Phi) is 5.75. The summed E-state index contributed by atoms with van der Waals surface area (Å²) in [6, 6.07) is 0. The molecule has 1 aliphatic heterocycles. The third-order valence-corrected chi connectivity index (χ3v) is 2.99. The predicted octanol–water partition coefficient (Wildman–Crippen LogP) is 2.69. The molecule has 0 aromatic carbocycles. The van der Waals surface area contributed by atoms with Crippen LogP contribution in [0.25, 0.3) is 0 Å². The Morgan fingerprint density at radius 1 is 0.852 bits per heavy atom. The Labute approximate surface area is 158 Å². The van der Waals surface area contributed by atoms with Gasteiger partial charge in [0.1, 0.15) is 11.2 Å². The zero-order valence-corrected chi connectivity index (χ0v) is 17.1. The highest BCUT2D eigenvalue weighted by Crippen LogP contribution is 2.32. The standard InChI is InChI=1S/C17H27NO9/c1-14(2,3)25-12(21)18(27-13(22)26-15(4,5)6)17(9)10(19)23-16(7,8)24-11(17)20/h1-9H3. The van der Waals surface area contributed by atoms with E-state index in [1.807, 2.05) is 0 Å². The summed E-state index contributed by atoms with van der Waals surface area (Å²) in [5, 5.41) is 0.173. The van der Waals surface area contributed by atoms with Crippen LogP contribution in [0.2, 0.25) is 0 Å². The molecule has 0 unspecified atom stereocenters. The summed E-state index contributed by atoms with van der Waals surface area (Å²) in [5.41, 5.74) is -4.38. The first-order valence-corrected chi connectivity index (χ1v) is 8.28. The molecule has 10 heteroatoms. The van der Waals surface area contributed by atoms with Crippen LogP contribution in [0, 0.1) is 0 Å². The third-order valence-electron chi connectivity index (χ3n) is 2.99. The van der Waals surface area contributed by atoms with Crippen LogP contribution in [0.4, 0.5) is 9.59 Å². The van der Waals surface area contributed by atoms with E-state index in [9.17, 15) is 19.2 Å². The maximum absolute atomic E-state index is 12.6. The fraction of sp³-hybridized carbons (Fsp3) is 0.765. The highest BCUT2D eigenvalue weighted by molar-refractivity contribution is 6.08. The third kappa shape index (κ3) is 5.73. The highest BCUT2D eigenvalue weighted by atomic mass is 16.9. The molecule has 1 heterocycles. The van der Waals surface area contributed by atoms with Gasteiger partial charge in [-0.15, -0.1) is 5.06 Å². The molecule has 1 aliphatic rings. The molecule has 1 saturated heterocycles. The number of hydroxylamine groups is 2. The number of hydrogen-bond acceptors (Lipinski definition) is 9.